The van der Waals surface area contributed by atoms with Crippen LogP contribution in [0.15, 0.2) is 52.6 Å². The van der Waals surface area contributed by atoms with Crippen LogP contribution in [0.5, 0.6) is 0 Å². The summed E-state index contributed by atoms with van der Waals surface area (Å²) in [5.41, 5.74) is 0.636. The number of aromatic amines is 1. The van der Waals surface area contributed by atoms with Crippen LogP contribution >= 0.6 is 0 Å². The minimum absolute atomic E-state index is 0.0254. The van der Waals surface area contributed by atoms with Crippen LogP contribution in [0.1, 0.15) is 27.3 Å². The molecule has 4 heterocycles. The molecule has 37 heavy (non-hydrogen) atoms. The van der Waals surface area contributed by atoms with Gasteiger partial charge in [0.05, 0.1) is 35.4 Å². The first-order valence-corrected chi connectivity index (χ1v) is 10.7. The van der Waals surface area contributed by atoms with Crippen LogP contribution < -0.4 is 21.4 Å². The van der Waals surface area contributed by atoms with E-state index in [0.29, 0.717) is 11.2 Å². The average molecular weight is 507 g/mol. The Morgan fingerprint density at radius 2 is 2.05 bits per heavy atom. The molecule has 186 valence electrons. The molecule has 3 aromatic heterocycles. The summed E-state index contributed by atoms with van der Waals surface area (Å²) in [6.45, 7) is 1.96. The number of alkyl halides is 3. The second-order valence-corrected chi connectivity index (χ2v) is 7.89. The van der Waals surface area contributed by atoms with Gasteiger partial charge in [0.15, 0.2) is 11.5 Å². The molecule has 0 bridgehead atoms. The molecular formula is C23H16F3N9O2. The zero-order valence-corrected chi connectivity index (χ0v) is 19.0. The number of H-pyrrole nitrogens is 1. The number of hydrogen-bond acceptors (Lipinski definition) is 8. The van der Waals surface area contributed by atoms with Gasteiger partial charge in [0.25, 0.3) is 11.5 Å². The molecule has 0 radical (unpaired) electrons. The van der Waals surface area contributed by atoms with E-state index >= 15 is 0 Å². The van der Waals surface area contributed by atoms with E-state index in [1.165, 1.54) is 48.6 Å². The summed E-state index contributed by atoms with van der Waals surface area (Å²) in [4.78, 5) is 31.9. The SMILES string of the molecule is Cc1nc(N2N=CCN2)c(C#N)cc1NC(=O)c1cnn(-c2cccc3c(=O)[nH]ccc23)c1C(F)(F)F. The zero-order valence-electron chi connectivity index (χ0n) is 19.0. The number of hydrazine groups is 1. The van der Waals surface area contributed by atoms with Gasteiger partial charge in [-0.2, -0.15) is 33.8 Å². The van der Waals surface area contributed by atoms with E-state index < -0.39 is 28.9 Å². The third kappa shape index (κ3) is 4.17. The molecule has 0 fully saturated rings. The van der Waals surface area contributed by atoms with Gasteiger partial charge in [-0.15, -0.1) is 0 Å². The number of hydrogen-bond donors (Lipinski definition) is 3. The number of nitriles is 1. The molecule has 11 nitrogen and oxygen atoms in total. The summed E-state index contributed by atoms with van der Waals surface area (Å²) in [7, 11) is 0. The van der Waals surface area contributed by atoms with Crippen LogP contribution in [-0.4, -0.2) is 38.4 Å². The number of nitrogens with zero attached hydrogens (tertiary/aromatic N) is 6. The molecule has 0 saturated carbocycles. The molecule has 3 N–H and O–H groups in total. The molecule has 1 aromatic carbocycles. The van der Waals surface area contributed by atoms with Crippen LogP contribution in [-0.2, 0) is 6.18 Å². The van der Waals surface area contributed by atoms with Gasteiger partial charge in [0, 0.05) is 23.2 Å². The van der Waals surface area contributed by atoms with Gasteiger partial charge in [-0.25, -0.2) is 15.1 Å². The Bertz CT molecular complexity index is 1680. The number of benzene rings is 1. The van der Waals surface area contributed by atoms with Crippen LogP contribution in [0.3, 0.4) is 0 Å². The maximum absolute atomic E-state index is 14.2. The number of nitrogens with one attached hydrogen (secondary N) is 3. The highest BCUT2D eigenvalue weighted by molar-refractivity contribution is 6.05. The van der Waals surface area contributed by atoms with E-state index in [0.717, 1.165) is 6.20 Å². The van der Waals surface area contributed by atoms with Crippen molar-refractivity contribution in [2.24, 2.45) is 5.10 Å². The number of hydrazone groups is 1. The molecule has 1 aliphatic heterocycles. The van der Waals surface area contributed by atoms with Crippen LogP contribution in [0.4, 0.5) is 24.7 Å². The summed E-state index contributed by atoms with van der Waals surface area (Å²) in [5.74, 6) is -0.919. The van der Waals surface area contributed by atoms with Crippen LogP contribution in [0, 0.1) is 18.3 Å². The average Bonchev–Trinajstić information content (AvgIpc) is 3.55. The highest BCUT2D eigenvalue weighted by Crippen LogP contribution is 2.35. The first-order valence-electron chi connectivity index (χ1n) is 10.7. The lowest BCUT2D eigenvalue weighted by Gasteiger charge is -2.17. The van der Waals surface area contributed by atoms with Crippen molar-refractivity contribution < 1.29 is 18.0 Å². The van der Waals surface area contributed by atoms with E-state index in [9.17, 15) is 28.0 Å². The fraction of sp³-hybridized carbons (Fsp3) is 0.130. The van der Waals surface area contributed by atoms with Crippen molar-refractivity contribution in [1.29, 1.82) is 5.26 Å². The lowest BCUT2D eigenvalue weighted by molar-refractivity contribution is -0.143. The number of carbonyl (C=O) groups is 1. The molecule has 0 spiro atoms. The van der Waals surface area contributed by atoms with Gasteiger partial charge < -0.3 is 10.3 Å². The van der Waals surface area contributed by atoms with Gasteiger partial charge in [0.2, 0.25) is 0 Å². The van der Waals surface area contributed by atoms with E-state index in [1.807, 2.05) is 6.07 Å². The molecular weight excluding hydrogens is 491 g/mol. The standard InChI is InChI=1S/C23H16F3N9O2/c1-12-17(9-13(10-27)20(32-12)35-29-7-8-30-35)33-22(37)16-11-31-34(19(16)23(24,25)26)18-4-2-3-15-14(18)5-6-28-21(15)36/h2-7,9,11,30H,8H2,1H3,(H,28,36)(H,33,37). The number of carbonyl (C=O) groups excluding carboxylic acids is 1. The topological polar surface area (TPSA) is 144 Å². The number of anilines is 2. The van der Waals surface area contributed by atoms with Crippen LogP contribution in [0.25, 0.3) is 16.5 Å². The largest absolute Gasteiger partial charge is 0.434 e. The summed E-state index contributed by atoms with van der Waals surface area (Å²) in [6, 6.07) is 8.96. The number of pyridine rings is 2. The molecule has 0 aliphatic carbocycles. The number of rotatable bonds is 4. The lowest BCUT2D eigenvalue weighted by Crippen LogP contribution is -2.30. The van der Waals surface area contributed by atoms with Crippen molar-refractivity contribution in [1.82, 2.24) is 25.2 Å². The fourth-order valence-corrected chi connectivity index (χ4v) is 3.93. The molecule has 0 saturated heterocycles. The highest BCUT2D eigenvalue weighted by Gasteiger charge is 2.41. The van der Waals surface area contributed by atoms with Gasteiger partial charge in [-0.3, -0.25) is 9.59 Å². The Kier molecular flexibility index (Phi) is 5.69. The summed E-state index contributed by atoms with van der Waals surface area (Å²) in [6.07, 6.45) is -1.29. The highest BCUT2D eigenvalue weighted by atomic mass is 19.4. The predicted octanol–water partition coefficient (Wildman–Crippen LogP) is 2.87. The van der Waals surface area contributed by atoms with Gasteiger partial charge in [-0.05, 0) is 31.2 Å². The lowest BCUT2D eigenvalue weighted by atomic mass is 10.1. The summed E-state index contributed by atoms with van der Waals surface area (Å²) >= 11 is 0. The van der Waals surface area contributed by atoms with Gasteiger partial charge in [-0.1, -0.05) is 6.07 Å². The minimum Gasteiger partial charge on any atom is -0.329 e. The smallest absolute Gasteiger partial charge is 0.329 e. The molecule has 0 atom stereocenters. The van der Waals surface area contributed by atoms with E-state index in [-0.39, 0.29) is 39.2 Å². The molecule has 1 aliphatic rings. The molecule has 14 heteroatoms. The Balaban J connectivity index is 1.57. The van der Waals surface area contributed by atoms with Gasteiger partial charge >= 0.3 is 6.18 Å². The Labute approximate surface area is 205 Å². The number of aryl methyl sites for hydroxylation is 1. The van der Waals surface area contributed by atoms with Crippen LogP contribution in [0.2, 0.25) is 0 Å². The zero-order chi connectivity index (χ0) is 26.3. The Hall–Kier alpha value is -5.03. The monoisotopic (exact) mass is 507 g/mol. The third-order valence-corrected chi connectivity index (χ3v) is 5.59. The molecule has 5 rings (SSSR count). The number of halogens is 3. The van der Waals surface area contributed by atoms with Crippen molar-refractivity contribution >= 4 is 34.4 Å². The van der Waals surface area contributed by atoms with E-state index in [1.54, 1.807) is 6.21 Å². The number of aromatic nitrogens is 4. The molecule has 1 amide bonds. The Morgan fingerprint density at radius 3 is 2.76 bits per heavy atom. The van der Waals surface area contributed by atoms with Crippen molar-refractivity contribution in [3.63, 3.8) is 0 Å². The second kappa shape index (κ2) is 8.88. The maximum Gasteiger partial charge on any atom is 0.434 e. The minimum atomic E-state index is -4.97. The first-order chi connectivity index (χ1) is 17.7. The Morgan fingerprint density at radius 1 is 1.24 bits per heavy atom. The quantitative estimate of drug-likeness (QED) is 0.385. The van der Waals surface area contributed by atoms with Crippen molar-refractivity contribution in [3.05, 3.63) is 75.6 Å². The maximum atomic E-state index is 14.2. The fourth-order valence-electron chi connectivity index (χ4n) is 3.93. The van der Waals surface area contributed by atoms with E-state index in [4.69, 9.17) is 0 Å². The second-order valence-electron chi connectivity index (χ2n) is 7.89. The van der Waals surface area contributed by atoms with Crippen molar-refractivity contribution in [2.75, 3.05) is 17.0 Å². The summed E-state index contributed by atoms with van der Waals surface area (Å²) in [5, 5.41) is 21.5. The van der Waals surface area contributed by atoms with E-state index in [2.05, 4.69) is 30.9 Å². The first kappa shape index (κ1) is 23.7. The number of fused-ring (bicyclic) bond motifs is 1. The van der Waals surface area contributed by atoms with Crippen molar-refractivity contribution in [2.45, 2.75) is 13.1 Å². The van der Waals surface area contributed by atoms with Crippen molar-refractivity contribution in [3.8, 4) is 11.8 Å². The summed E-state index contributed by atoms with van der Waals surface area (Å²) < 4.78 is 43.3. The molecule has 4 aromatic rings. The predicted molar refractivity (Wildman–Crippen MR) is 127 cm³/mol. The normalized spacial score (nSPS) is 13.2. The number of amides is 1. The third-order valence-electron chi connectivity index (χ3n) is 5.59. The molecule has 0 unspecified atom stereocenters. The van der Waals surface area contributed by atoms with Gasteiger partial charge in [0.1, 0.15) is 11.6 Å².